The van der Waals surface area contributed by atoms with E-state index >= 15 is 0 Å². The van der Waals surface area contributed by atoms with Gasteiger partial charge in [-0.25, -0.2) is 0 Å². The first-order valence-corrected chi connectivity index (χ1v) is 5.20. The lowest BCUT2D eigenvalue weighted by Gasteiger charge is -2.07. The van der Waals surface area contributed by atoms with E-state index in [0.29, 0.717) is 12.1 Å². The maximum atomic E-state index is 11.6. The van der Waals surface area contributed by atoms with E-state index in [1.807, 2.05) is 38.1 Å². The van der Waals surface area contributed by atoms with Crippen molar-refractivity contribution >= 4 is 5.91 Å². The van der Waals surface area contributed by atoms with Gasteiger partial charge < -0.3 is 11.1 Å². The van der Waals surface area contributed by atoms with Crippen LogP contribution in [0.25, 0.3) is 0 Å². The van der Waals surface area contributed by atoms with Crippen molar-refractivity contribution in [3.63, 3.8) is 0 Å². The third-order valence-electron chi connectivity index (χ3n) is 2.20. The van der Waals surface area contributed by atoms with Crippen LogP contribution < -0.4 is 11.1 Å². The maximum absolute atomic E-state index is 11.6. The Kier molecular flexibility index (Phi) is 4.31. The molecule has 1 aromatic rings. The molecule has 82 valence electrons. The number of nitrogens with one attached hydrogen (secondary N) is 1. The van der Waals surface area contributed by atoms with Gasteiger partial charge in [-0.3, -0.25) is 4.79 Å². The molecular formula is C12H18N2O. The standard InChI is InChI=1S/C12H18N2O/c1-9-3-5-11(6-4-9)12(15)14-8-7-10(2)13/h3-6,10H,7-8,13H2,1-2H3,(H,14,15). The number of rotatable bonds is 4. The Labute approximate surface area is 90.7 Å². The van der Waals surface area contributed by atoms with E-state index in [-0.39, 0.29) is 11.9 Å². The molecule has 1 unspecified atom stereocenters. The van der Waals surface area contributed by atoms with Crippen LogP contribution in [0.4, 0.5) is 0 Å². The molecule has 0 aliphatic rings. The van der Waals surface area contributed by atoms with E-state index in [1.165, 1.54) is 0 Å². The average molecular weight is 206 g/mol. The Bertz CT molecular complexity index is 317. The largest absolute Gasteiger partial charge is 0.352 e. The zero-order chi connectivity index (χ0) is 11.3. The van der Waals surface area contributed by atoms with Crippen LogP contribution in [0, 0.1) is 6.92 Å². The second kappa shape index (κ2) is 5.51. The Morgan fingerprint density at radius 2 is 2.00 bits per heavy atom. The SMILES string of the molecule is Cc1ccc(C(=O)NCCC(C)N)cc1. The molecule has 0 fully saturated rings. The molecule has 0 aromatic heterocycles. The van der Waals surface area contributed by atoms with Crippen molar-refractivity contribution in [2.45, 2.75) is 26.3 Å². The fourth-order valence-corrected chi connectivity index (χ4v) is 1.22. The van der Waals surface area contributed by atoms with Gasteiger partial charge in [0.25, 0.3) is 5.91 Å². The molecule has 0 radical (unpaired) electrons. The minimum atomic E-state index is -0.0318. The number of benzene rings is 1. The van der Waals surface area contributed by atoms with Crippen molar-refractivity contribution in [3.8, 4) is 0 Å². The quantitative estimate of drug-likeness (QED) is 0.783. The molecule has 0 heterocycles. The van der Waals surface area contributed by atoms with E-state index in [4.69, 9.17) is 5.73 Å². The molecule has 0 bridgehead atoms. The number of carbonyl (C=O) groups is 1. The number of hydrogen-bond acceptors (Lipinski definition) is 2. The van der Waals surface area contributed by atoms with Gasteiger partial charge in [0, 0.05) is 18.2 Å². The normalized spacial score (nSPS) is 12.2. The molecule has 15 heavy (non-hydrogen) atoms. The van der Waals surface area contributed by atoms with E-state index in [9.17, 15) is 4.79 Å². The van der Waals surface area contributed by atoms with E-state index in [1.54, 1.807) is 0 Å². The summed E-state index contributed by atoms with van der Waals surface area (Å²) in [5, 5.41) is 2.83. The van der Waals surface area contributed by atoms with Crippen molar-refractivity contribution in [1.29, 1.82) is 0 Å². The molecule has 1 amide bonds. The second-order valence-corrected chi connectivity index (χ2v) is 3.89. The molecule has 0 saturated heterocycles. The lowest BCUT2D eigenvalue weighted by molar-refractivity contribution is 0.0953. The van der Waals surface area contributed by atoms with Crippen LogP contribution in [0.3, 0.4) is 0 Å². The van der Waals surface area contributed by atoms with E-state index in [0.717, 1.165) is 12.0 Å². The summed E-state index contributed by atoms with van der Waals surface area (Å²) in [5.41, 5.74) is 7.44. The summed E-state index contributed by atoms with van der Waals surface area (Å²) < 4.78 is 0. The zero-order valence-electron chi connectivity index (χ0n) is 9.29. The minimum Gasteiger partial charge on any atom is -0.352 e. The van der Waals surface area contributed by atoms with Gasteiger partial charge in [-0.2, -0.15) is 0 Å². The Hall–Kier alpha value is -1.35. The summed E-state index contributed by atoms with van der Waals surface area (Å²) in [6, 6.07) is 7.65. The lowest BCUT2D eigenvalue weighted by Crippen LogP contribution is -2.28. The number of carbonyl (C=O) groups excluding carboxylic acids is 1. The summed E-state index contributed by atoms with van der Waals surface area (Å²) in [6.45, 7) is 4.56. The van der Waals surface area contributed by atoms with Gasteiger partial charge >= 0.3 is 0 Å². The Morgan fingerprint density at radius 3 is 2.53 bits per heavy atom. The molecule has 0 aliphatic carbocycles. The summed E-state index contributed by atoms with van der Waals surface area (Å²) in [6.07, 6.45) is 0.803. The molecule has 0 saturated carbocycles. The molecule has 1 aromatic carbocycles. The summed E-state index contributed by atoms with van der Waals surface area (Å²) >= 11 is 0. The highest BCUT2D eigenvalue weighted by Crippen LogP contribution is 2.02. The van der Waals surface area contributed by atoms with E-state index in [2.05, 4.69) is 5.32 Å². The fourth-order valence-electron chi connectivity index (χ4n) is 1.22. The van der Waals surface area contributed by atoms with Gasteiger partial charge in [0.05, 0.1) is 0 Å². The molecular weight excluding hydrogens is 188 g/mol. The summed E-state index contributed by atoms with van der Waals surface area (Å²) in [7, 11) is 0. The van der Waals surface area contributed by atoms with Crippen molar-refractivity contribution in [1.82, 2.24) is 5.32 Å². The van der Waals surface area contributed by atoms with Gasteiger partial charge in [0.15, 0.2) is 0 Å². The summed E-state index contributed by atoms with van der Waals surface area (Å²) in [4.78, 5) is 11.6. The third-order valence-corrected chi connectivity index (χ3v) is 2.20. The van der Waals surface area contributed by atoms with Gasteiger partial charge in [-0.05, 0) is 32.4 Å². The molecule has 0 aliphatic heterocycles. The molecule has 3 heteroatoms. The Balaban J connectivity index is 2.43. The van der Waals surface area contributed by atoms with Gasteiger partial charge in [0.1, 0.15) is 0 Å². The number of nitrogens with two attached hydrogens (primary N) is 1. The molecule has 1 rings (SSSR count). The van der Waals surface area contributed by atoms with Crippen LogP contribution in [0.2, 0.25) is 0 Å². The van der Waals surface area contributed by atoms with Crippen LogP contribution in [0.5, 0.6) is 0 Å². The first-order valence-electron chi connectivity index (χ1n) is 5.20. The highest BCUT2D eigenvalue weighted by molar-refractivity contribution is 5.94. The topological polar surface area (TPSA) is 55.1 Å². The molecule has 1 atom stereocenters. The number of amides is 1. The predicted octanol–water partition coefficient (Wildman–Crippen LogP) is 1.46. The van der Waals surface area contributed by atoms with Crippen molar-refractivity contribution in [3.05, 3.63) is 35.4 Å². The molecule has 0 spiro atoms. The van der Waals surface area contributed by atoms with Gasteiger partial charge in [-0.1, -0.05) is 17.7 Å². The monoisotopic (exact) mass is 206 g/mol. The van der Waals surface area contributed by atoms with Crippen molar-refractivity contribution in [2.75, 3.05) is 6.54 Å². The second-order valence-electron chi connectivity index (χ2n) is 3.89. The highest BCUT2D eigenvalue weighted by Gasteiger charge is 2.04. The maximum Gasteiger partial charge on any atom is 0.251 e. The van der Waals surface area contributed by atoms with Crippen LogP contribution in [0.1, 0.15) is 29.3 Å². The van der Waals surface area contributed by atoms with E-state index < -0.39 is 0 Å². The first-order chi connectivity index (χ1) is 7.09. The smallest absolute Gasteiger partial charge is 0.251 e. The predicted molar refractivity (Wildman–Crippen MR) is 61.8 cm³/mol. The lowest BCUT2D eigenvalue weighted by atomic mass is 10.1. The molecule has 3 N–H and O–H groups in total. The minimum absolute atomic E-state index is 0.0318. The van der Waals surface area contributed by atoms with Crippen LogP contribution >= 0.6 is 0 Å². The first kappa shape index (κ1) is 11.7. The number of hydrogen-bond donors (Lipinski definition) is 2. The molecule has 3 nitrogen and oxygen atoms in total. The van der Waals surface area contributed by atoms with Crippen LogP contribution in [-0.2, 0) is 0 Å². The van der Waals surface area contributed by atoms with Crippen LogP contribution in [-0.4, -0.2) is 18.5 Å². The van der Waals surface area contributed by atoms with Crippen molar-refractivity contribution < 1.29 is 4.79 Å². The Morgan fingerprint density at radius 1 is 1.40 bits per heavy atom. The van der Waals surface area contributed by atoms with Crippen LogP contribution in [0.15, 0.2) is 24.3 Å². The number of aryl methyl sites for hydroxylation is 1. The van der Waals surface area contributed by atoms with Gasteiger partial charge in [0.2, 0.25) is 0 Å². The highest BCUT2D eigenvalue weighted by atomic mass is 16.1. The fraction of sp³-hybridized carbons (Fsp3) is 0.417. The van der Waals surface area contributed by atoms with Gasteiger partial charge in [-0.15, -0.1) is 0 Å². The average Bonchev–Trinajstić information content (AvgIpc) is 2.18. The summed E-state index contributed by atoms with van der Waals surface area (Å²) in [5.74, 6) is -0.0318. The zero-order valence-corrected chi connectivity index (χ0v) is 9.29. The third kappa shape index (κ3) is 4.13. The van der Waals surface area contributed by atoms with Crippen molar-refractivity contribution in [2.24, 2.45) is 5.73 Å².